The van der Waals surface area contributed by atoms with Crippen molar-refractivity contribution in [3.05, 3.63) is 0 Å². The van der Waals surface area contributed by atoms with Crippen LogP contribution in [0, 0.1) is 5.92 Å². The summed E-state index contributed by atoms with van der Waals surface area (Å²) in [4.78, 5) is 25.5. The molecule has 1 heterocycles. The van der Waals surface area contributed by atoms with Crippen LogP contribution in [0.4, 0.5) is 4.79 Å². The number of esters is 1. The highest BCUT2D eigenvalue weighted by Crippen LogP contribution is 2.29. The normalized spacial score (nSPS) is 19.8. The first-order valence-electron chi connectivity index (χ1n) is 7.52. The fourth-order valence-electron chi connectivity index (χ4n) is 2.37. The van der Waals surface area contributed by atoms with Gasteiger partial charge in [0.25, 0.3) is 0 Å². The third kappa shape index (κ3) is 4.88. The molecule has 6 nitrogen and oxygen atoms in total. The van der Waals surface area contributed by atoms with Crippen LogP contribution in [-0.4, -0.2) is 47.8 Å². The van der Waals surface area contributed by atoms with E-state index in [9.17, 15) is 9.59 Å². The average molecular weight is 300 g/mol. The Kier molecular flexibility index (Phi) is 5.61. The van der Waals surface area contributed by atoms with E-state index in [1.807, 2.05) is 20.8 Å². The SMILES string of the molecule is CCOC(=O)C(C)C1(N)CCN(C(=O)OC(C)(C)C)CC1. The number of piperidine rings is 1. The van der Waals surface area contributed by atoms with E-state index in [1.165, 1.54) is 0 Å². The first kappa shape index (κ1) is 17.8. The van der Waals surface area contributed by atoms with E-state index >= 15 is 0 Å². The molecule has 21 heavy (non-hydrogen) atoms. The number of carbonyl (C=O) groups excluding carboxylic acids is 2. The molecule has 1 fully saturated rings. The summed E-state index contributed by atoms with van der Waals surface area (Å²) in [5.41, 5.74) is 5.22. The molecule has 0 spiro atoms. The molecule has 0 aromatic heterocycles. The van der Waals surface area contributed by atoms with Gasteiger partial charge in [0.15, 0.2) is 0 Å². The Morgan fingerprint density at radius 2 is 1.81 bits per heavy atom. The maximum atomic E-state index is 12.0. The molecular formula is C15H28N2O4. The molecule has 1 aliphatic heterocycles. The van der Waals surface area contributed by atoms with Crippen LogP contribution in [0.3, 0.4) is 0 Å². The molecule has 1 aliphatic rings. The molecule has 0 radical (unpaired) electrons. The van der Waals surface area contributed by atoms with Gasteiger partial charge in [0, 0.05) is 18.6 Å². The Morgan fingerprint density at radius 3 is 2.24 bits per heavy atom. The molecule has 1 unspecified atom stereocenters. The highest BCUT2D eigenvalue weighted by Gasteiger charge is 2.41. The fraction of sp³-hybridized carbons (Fsp3) is 0.867. The van der Waals surface area contributed by atoms with Crippen molar-refractivity contribution in [2.24, 2.45) is 11.7 Å². The van der Waals surface area contributed by atoms with Gasteiger partial charge in [0.1, 0.15) is 5.60 Å². The van der Waals surface area contributed by atoms with Crippen LogP contribution in [0.15, 0.2) is 0 Å². The van der Waals surface area contributed by atoms with Gasteiger partial charge in [-0.15, -0.1) is 0 Å². The quantitative estimate of drug-likeness (QED) is 0.805. The summed E-state index contributed by atoms with van der Waals surface area (Å²) in [5, 5.41) is 0. The van der Waals surface area contributed by atoms with Gasteiger partial charge in [-0.05, 0) is 40.5 Å². The second-order valence-electron chi connectivity index (χ2n) is 6.67. The maximum Gasteiger partial charge on any atom is 0.410 e. The van der Waals surface area contributed by atoms with E-state index in [0.717, 1.165) is 0 Å². The third-order valence-corrected chi connectivity index (χ3v) is 3.85. The first-order valence-corrected chi connectivity index (χ1v) is 7.52. The molecule has 1 atom stereocenters. The molecule has 6 heteroatoms. The Morgan fingerprint density at radius 1 is 1.29 bits per heavy atom. The summed E-state index contributed by atoms with van der Waals surface area (Å²) in [6.45, 7) is 10.4. The van der Waals surface area contributed by atoms with Gasteiger partial charge in [-0.25, -0.2) is 4.79 Å². The van der Waals surface area contributed by atoms with Crippen molar-refractivity contribution >= 4 is 12.1 Å². The van der Waals surface area contributed by atoms with E-state index < -0.39 is 11.1 Å². The van der Waals surface area contributed by atoms with Gasteiger partial charge < -0.3 is 20.1 Å². The van der Waals surface area contributed by atoms with E-state index in [-0.39, 0.29) is 18.0 Å². The first-order chi connectivity index (χ1) is 9.59. The lowest BCUT2D eigenvalue weighted by Gasteiger charge is -2.42. The smallest absolute Gasteiger partial charge is 0.410 e. The van der Waals surface area contributed by atoms with Gasteiger partial charge in [-0.2, -0.15) is 0 Å². The number of rotatable bonds is 3. The second-order valence-corrected chi connectivity index (χ2v) is 6.67. The standard InChI is InChI=1S/C15H28N2O4/c1-6-20-12(18)11(2)15(16)7-9-17(10-8-15)13(19)21-14(3,4)5/h11H,6-10,16H2,1-5H3. The lowest BCUT2D eigenvalue weighted by atomic mass is 9.78. The average Bonchev–Trinajstić information content (AvgIpc) is 2.36. The lowest BCUT2D eigenvalue weighted by Crippen LogP contribution is -2.57. The molecule has 0 aromatic rings. The molecule has 0 bridgehead atoms. The predicted octanol–water partition coefficient (Wildman–Crippen LogP) is 1.91. The minimum absolute atomic E-state index is 0.272. The van der Waals surface area contributed by atoms with Crippen LogP contribution >= 0.6 is 0 Å². The topological polar surface area (TPSA) is 81.9 Å². The Labute approximate surface area is 126 Å². The fourth-order valence-corrected chi connectivity index (χ4v) is 2.37. The van der Waals surface area contributed by atoms with Crippen molar-refractivity contribution in [3.8, 4) is 0 Å². The van der Waals surface area contributed by atoms with Crippen LogP contribution in [0.5, 0.6) is 0 Å². The lowest BCUT2D eigenvalue weighted by molar-refractivity contribution is -0.150. The van der Waals surface area contributed by atoms with Crippen molar-refractivity contribution in [2.75, 3.05) is 19.7 Å². The van der Waals surface area contributed by atoms with Gasteiger partial charge >= 0.3 is 12.1 Å². The molecule has 2 N–H and O–H groups in total. The molecule has 1 rings (SSSR count). The summed E-state index contributed by atoms with van der Waals surface area (Å²) in [6, 6.07) is 0. The number of hydrogen-bond acceptors (Lipinski definition) is 5. The van der Waals surface area contributed by atoms with Gasteiger partial charge in [0.05, 0.1) is 12.5 Å². The minimum Gasteiger partial charge on any atom is -0.466 e. The number of ether oxygens (including phenoxy) is 2. The van der Waals surface area contributed by atoms with Crippen molar-refractivity contribution < 1.29 is 19.1 Å². The molecule has 1 amide bonds. The van der Waals surface area contributed by atoms with E-state index in [0.29, 0.717) is 32.5 Å². The van der Waals surface area contributed by atoms with Gasteiger partial charge in [-0.1, -0.05) is 6.92 Å². The maximum absolute atomic E-state index is 12.0. The number of hydrogen-bond donors (Lipinski definition) is 1. The zero-order valence-electron chi connectivity index (χ0n) is 13.8. The van der Waals surface area contributed by atoms with Crippen LogP contribution in [0.25, 0.3) is 0 Å². The number of nitrogens with zero attached hydrogens (tertiary/aromatic N) is 1. The van der Waals surface area contributed by atoms with E-state index in [4.69, 9.17) is 15.2 Å². The second kappa shape index (κ2) is 6.64. The summed E-state index contributed by atoms with van der Waals surface area (Å²) in [5.74, 6) is -0.649. The summed E-state index contributed by atoms with van der Waals surface area (Å²) >= 11 is 0. The number of amides is 1. The molecule has 122 valence electrons. The van der Waals surface area contributed by atoms with Crippen molar-refractivity contribution in [3.63, 3.8) is 0 Å². The molecular weight excluding hydrogens is 272 g/mol. The number of carbonyl (C=O) groups is 2. The van der Waals surface area contributed by atoms with Crippen molar-refractivity contribution in [1.29, 1.82) is 0 Å². The van der Waals surface area contributed by atoms with Crippen LogP contribution in [0.2, 0.25) is 0 Å². The van der Waals surface area contributed by atoms with Gasteiger partial charge in [0.2, 0.25) is 0 Å². The molecule has 0 saturated carbocycles. The molecule has 0 aliphatic carbocycles. The molecule has 1 saturated heterocycles. The highest BCUT2D eigenvalue weighted by atomic mass is 16.6. The van der Waals surface area contributed by atoms with Crippen LogP contribution in [-0.2, 0) is 14.3 Å². The van der Waals surface area contributed by atoms with E-state index in [1.54, 1.807) is 18.7 Å². The summed E-state index contributed by atoms with van der Waals surface area (Å²) in [6.07, 6.45) is 0.798. The Hall–Kier alpha value is -1.30. The van der Waals surface area contributed by atoms with Gasteiger partial charge in [-0.3, -0.25) is 4.79 Å². The third-order valence-electron chi connectivity index (χ3n) is 3.85. The Balaban J connectivity index is 2.58. The number of likely N-dealkylation sites (tertiary alicyclic amines) is 1. The highest BCUT2D eigenvalue weighted by molar-refractivity contribution is 5.74. The van der Waals surface area contributed by atoms with Crippen LogP contribution in [0.1, 0.15) is 47.5 Å². The van der Waals surface area contributed by atoms with Crippen molar-refractivity contribution in [2.45, 2.75) is 58.6 Å². The monoisotopic (exact) mass is 300 g/mol. The van der Waals surface area contributed by atoms with E-state index in [2.05, 4.69) is 0 Å². The van der Waals surface area contributed by atoms with Crippen molar-refractivity contribution in [1.82, 2.24) is 4.90 Å². The largest absolute Gasteiger partial charge is 0.466 e. The predicted molar refractivity (Wildman–Crippen MR) is 79.8 cm³/mol. The minimum atomic E-state index is -0.620. The zero-order valence-corrected chi connectivity index (χ0v) is 13.8. The Bertz CT molecular complexity index is 382. The summed E-state index contributed by atoms with van der Waals surface area (Å²) in [7, 11) is 0. The molecule has 0 aromatic carbocycles. The zero-order chi connectivity index (χ0) is 16.3. The number of nitrogens with two attached hydrogens (primary N) is 1. The summed E-state index contributed by atoms with van der Waals surface area (Å²) < 4.78 is 10.4. The van der Waals surface area contributed by atoms with Crippen LogP contribution < -0.4 is 5.73 Å².